The van der Waals surface area contributed by atoms with E-state index in [1.165, 1.54) is 0 Å². The molecule has 0 bridgehead atoms. The molecule has 0 aliphatic carbocycles. The molecule has 0 unspecified atom stereocenters. The molecule has 1 fully saturated rings. The third-order valence-corrected chi connectivity index (χ3v) is 3.94. The van der Waals surface area contributed by atoms with Crippen LogP contribution in [0.3, 0.4) is 0 Å². The van der Waals surface area contributed by atoms with E-state index in [1.54, 1.807) is 0 Å². The van der Waals surface area contributed by atoms with E-state index in [1.807, 2.05) is 25.2 Å². The summed E-state index contributed by atoms with van der Waals surface area (Å²) >= 11 is 3.40. The lowest BCUT2D eigenvalue weighted by Crippen LogP contribution is -2.46. The van der Waals surface area contributed by atoms with E-state index in [0.717, 1.165) is 55.0 Å². The SMILES string of the molecule is CN(CCN1CCNCC1)c1ccc(Br)cc1C#N. The molecule has 1 saturated heterocycles. The Morgan fingerprint density at radius 2 is 2.16 bits per heavy atom. The lowest BCUT2D eigenvalue weighted by molar-refractivity contribution is 0.246. The van der Waals surface area contributed by atoms with Crippen molar-refractivity contribution in [3.63, 3.8) is 0 Å². The van der Waals surface area contributed by atoms with Crippen LogP contribution in [0.4, 0.5) is 5.69 Å². The number of halogens is 1. The van der Waals surface area contributed by atoms with Gasteiger partial charge in [-0.1, -0.05) is 15.9 Å². The van der Waals surface area contributed by atoms with Crippen LogP contribution < -0.4 is 10.2 Å². The van der Waals surface area contributed by atoms with Crippen LogP contribution in [0.5, 0.6) is 0 Å². The first-order valence-electron chi connectivity index (χ1n) is 6.54. The summed E-state index contributed by atoms with van der Waals surface area (Å²) in [6.07, 6.45) is 0. The van der Waals surface area contributed by atoms with Crippen molar-refractivity contribution < 1.29 is 0 Å². The molecule has 0 amide bonds. The molecule has 1 aromatic rings. The van der Waals surface area contributed by atoms with Crippen molar-refractivity contribution in [2.75, 3.05) is 51.2 Å². The Labute approximate surface area is 123 Å². The summed E-state index contributed by atoms with van der Waals surface area (Å²) < 4.78 is 0.948. The van der Waals surface area contributed by atoms with Crippen molar-refractivity contribution in [1.82, 2.24) is 10.2 Å². The van der Waals surface area contributed by atoms with Gasteiger partial charge in [0.15, 0.2) is 0 Å². The van der Waals surface area contributed by atoms with Crippen molar-refractivity contribution in [3.05, 3.63) is 28.2 Å². The molecule has 0 atom stereocenters. The Kier molecular flexibility index (Phi) is 5.20. The van der Waals surface area contributed by atoms with Crippen molar-refractivity contribution in [2.45, 2.75) is 0 Å². The summed E-state index contributed by atoms with van der Waals surface area (Å²) in [4.78, 5) is 4.62. The molecule has 0 saturated carbocycles. The van der Waals surface area contributed by atoms with E-state index < -0.39 is 0 Å². The van der Waals surface area contributed by atoms with Crippen LogP contribution in [-0.4, -0.2) is 51.2 Å². The minimum atomic E-state index is 0.720. The molecule has 1 aromatic carbocycles. The minimum absolute atomic E-state index is 0.720. The molecule has 0 radical (unpaired) electrons. The first-order valence-corrected chi connectivity index (χ1v) is 7.34. The van der Waals surface area contributed by atoms with Crippen LogP contribution >= 0.6 is 15.9 Å². The molecule has 1 aliphatic rings. The fraction of sp³-hybridized carbons (Fsp3) is 0.500. The molecule has 19 heavy (non-hydrogen) atoms. The number of nitrogens with one attached hydrogen (secondary N) is 1. The molecule has 4 nitrogen and oxygen atoms in total. The average molecular weight is 323 g/mol. The average Bonchev–Trinajstić information content (AvgIpc) is 2.45. The molecular formula is C14H19BrN4. The largest absolute Gasteiger partial charge is 0.372 e. The fourth-order valence-corrected chi connectivity index (χ4v) is 2.64. The van der Waals surface area contributed by atoms with Crippen molar-refractivity contribution in [2.24, 2.45) is 0 Å². The van der Waals surface area contributed by atoms with Gasteiger partial charge in [-0.05, 0) is 18.2 Å². The number of benzene rings is 1. The van der Waals surface area contributed by atoms with E-state index in [0.29, 0.717) is 0 Å². The van der Waals surface area contributed by atoms with Crippen LogP contribution in [-0.2, 0) is 0 Å². The van der Waals surface area contributed by atoms with Gasteiger partial charge in [0.05, 0.1) is 11.3 Å². The number of piperazine rings is 1. The second-order valence-corrected chi connectivity index (χ2v) is 5.70. The van der Waals surface area contributed by atoms with Crippen molar-refractivity contribution >= 4 is 21.6 Å². The Hall–Kier alpha value is -1.09. The number of rotatable bonds is 4. The van der Waals surface area contributed by atoms with Gasteiger partial charge in [-0.2, -0.15) is 5.26 Å². The third-order valence-electron chi connectivity index (χ3n) is 3.45. The van der Waals surface area contributed by atoms with E-state index >= 15 is 0 Å². The van der Waals surface area contributed by atoms with Crippen molar-refractivity contribution in [1.29, 1.82) is 5.26 Å². The van der Waals surface area contributed by atoms with Crippen molar-refractivity contribution in [3.8, 4) is 6.07 Å². The highest BCUT2D eigenvalue weighted by Gasteiger charge is 2.12. The Morgan fingerprint density at radius 3 is 2.84 bits per heavy atom. The number of anilines is 1. The van der Waals surface area contributed by atoms with Gasteiger partial charge in [0.25, 0.3) is 0 Å². The van der Waals surface area contributed by atoms with Gasteiger partial charge in [-0.15, -0.1) is 0 Å². The van der Waals surface area contributed by atoms with Gasteiger partial charge >= 0.3 is 0 Å². The van der Waals surface area contributed by atoms with Gasteiger partial charge in [0.1, 0.15) is 6.07 Å². The lowest BCUT2D eigenvalue weighted by atomic mass is 10.2. The monoisotopic (exact) mass is 322 g/mol. The molecule has 0 aromatic heterocycles. The maximum absolute atomic E-state index is 9.19. The van der Waals surface area contributed by atoms with Crippen LogP contribution in [0.25, 0.3) is 0 Å². The highest BCUT2D eigenvalue weighted by atomic mass is 79.9. The number of nitrogens with zero attached hydrogens (tertiary/aromatic N) is 3. The predicted octanol–water partition coefficient (Wildman–Crippen LogP) is 1.66. The molecule has 102 valence electrons. The van der Waals surface area contributed by atoms with Gasteiger partial charge in [0, 0.05) is 50.8 Å². The van der Waals surface area contributed by atoms with E-state index in [2.05, 4.69) is 37.1 Å². The third kappa shape index (κ3) is 3.93. The second-order valence-electron chi connectivity index (χ2n) is 4.79. The number of hydrogen-bond acceptors (Lipinski definition) is 4. The number of likely N-dealkylation sites (N-methyl/N-ethyl adjacent to an activating group) is 1. The molecule has 1 aliphatic heterocycles. The maximum Gasteiger partial charge on any atom is 0.101 e. The summed E-state index contributed by atoms with van der Waals surface area (Å²) in [6, 6.07) is 8.12. The topological polar surface area (TPSA) is 42.3 Å². The van der Waals surface area contributed by atoms with Crippen LogP contribution in [0.1, 0.15) is 5.56 Å². The first-order chi connectivity index (χ1) is 9.20. The summed E-state index contributed by atoms with van der Waals surface area (Å²) in [5.41, 5.74) is 1.72. The van der Waals surface area contributed by atoms with Crippen LogP contribution in [0.15, 0.2) is 22.7 Å². The molecule has 5 heteroatoms. The molecular weight excluding hydrogens is 304 g/mol. The Balaban J connectivity index is 1.95. The highest BCUT2D eigenvalue weighted by molar-refractivity contribution is 9.10. The first kappa shape index (κ1) is 14.3. The van der Waals surface area contributed by atoms with E-state index in [4.69, 9.17) is 0 Å². The van der Waals surface area contributed by atoms with Crippen LogP contribution in [0, 0.1) is 11.3 Å². The number of hydrogen-bond donors (Lipinski definition) is 1. The standard InChI is InChI=1S/C14H19BrN4/c1-18(8-9-19-6-4-17-5-7-19)14-3-2-13(15)10-12(14)11-16/h2-3,10,17H,4-9H2,1H3. The summed E-state index contributed by atoms with van der Waals surface area (Å²) in [5, 5.41) is 12.5. The summed E-state index contributed by atoms with van der Waals surface area (Å²) in [7, 11) is 2.05. The van der Waals surface area contributed by atoms with Gasteiger partial charge in [-0.25, -0.2) is 0 Å². The molecule has 0 spiro atoms. The fourth-order valence-electron chi connectivity index (χ4n) is 2.28. The van der Waals surface area contributed by atoms with E-state index in [9.17, 15) is 5.26 Å². The van der Waals surface area contributed by atoms with E-state index in [-0.39, 0.29) is 0 Å². The second kappa shape index (κ2) is 6.90. The zero-order valence-corrected chi connectivity index (χ0v) is 12.8. The zero-order chi connectivity index (χ0) is 13.7. The summed E-state index contributed by atoms with van der Waals surface area (Å²) in [6.45, 7) is 6.35. The maximum atomic E-state index is 9.19. The Bertz CT molecular complexity index is 463. The number of nitriles is 1. The molecule has 1 heterocycles. The zero-order valence-electron chi connectivity index (χ0n) is 11.2. The van der Waals surface area contributed by atoms with Crippen LogP contribution in [0.2, 0.25) is 0 Å². The summed E-state index contributed by atoms with van der Waals surface area (Å²) in [5.74, 6) is 0. The minimum Gasteiger partial charge on any atom is -0.372 e. The normalized spacial score (nSPS) is 16.1. The van der Waals surface area contributed by atoms with Gasteiger partial charge in [0.2, 0.25) is 0 Å². The smallest absolute Gasteiger partial charge is 0.101 e. The highest BCUT2D eigenvalue weighted by Crippen LogP contribution is 2.23. The van der Waals surface area contributed by atoms with Gasteiger partial charge < -0.3 is 10.2 Å². The quantitative estimate of drug-likeness (QED) is 0.915. The lowest BCUT2D eigenvalue weighted by Gasteiger charge is -2.30. The molecule has 1 N–H and O–H groups in total. The van der Waals surface area contributed by atoms with Gasteiger partial charge in [-0.3, -0.25) is 4.90 Å². The Morgan fingerprint density at radius 1 is 1.42 bits per heavy atom. The molecule has 2 rings (SSSR count). The predicted molar refractivity (Wildman–Crippen MR) is 81.4 cm³/mol.